The second kappa shape index (κ2) is 7.72. The average molecular weight is 375 g/mol. The fourth-order valence-corrected chi connectivity index (χ4v) is 3.71. The summed E-state index contributed by atoms with van der Waals surface area (Å²) in [5.41, 5.74) is 3.59. The number of nitrogens with one attached hydrogen (secondary N) is 2. The van der Waals surface area contributed by atoms with Gasteiger partial charge in [0.05, 0.1) is 11.7 Å². The van der Waals surface area contributed by atoms with Crippen molar-refractivity contribution in [2.24, 2.45) is 0 Å². The van der Waals surface area contributed by atoms with Crippen LogP contribution in [0.4, 0.5) is 26.2 Å². The van der Waals surface area contributed by atoms with E-state index in [4.69, 9.17) is 0 Å². The van der Waals surface area contributed by atoms with Gasteiger partial charge in [0.25, 0.3) is 0 Å². The molecule has 0 spiro atoms. The van der Waals surface area contributed by atoms with Crippen LogP contribution in [0.15, 0.2) is 78.9 Å². The Balaban J connectivity index is 1.60. The zero-order valence-electron chi connectivity index (χ0n) is 15.6. The molecule has 0 bridgehead atoms. The highest BCUT2D eigenvalue weighted by Crippen LogP contribution is 2.39. The van der Waals surface area contributed by atoms with Gasteiger partial charge in [-0.15, -0.1) is 0 Å². The van der Waals surface area contributed by atoms with Gasteiger partial charge in [-0.3, -0.25) is 4.90 Å². The number of urea groups is 1. The summed E-state index contributed by atoms with van der Waals surface area (Å²) < 4.78 is 13.1. The minimum atomic E-state index is -0.329. The SMILES string of the molecule is C[C@@H]1C[C@@H](Nc2ccccc2)c2ccccc2N1C(=O)Nc1ccc(F)cc1. The van der Waals surface area contributed by atoms with E-state index in [-0.39, 0.29) is 23.9 Å². The predicted molar refractivity (Wildman–Crippen MR) is 111 cm³/mol. The van der Waals surface area contributed by atoms with E-state index in [1.165, 1.54) is 12.1 Å². The standard InChI is InChI=1S/C23H22FN3O/c1-16-15-21(25-18-7-3-2-4-8-18)20-9-5-6-10-22(20)27(16)23(28)26-19-13-11-17(24)12-14-19/h2-14,16,21,25H,15H2,1H3,(H,26,28)/t16-,21-/m1/s1. The topological polar surface area (TPSA) is 44.4 Å². The van der Waals surface area contributed by atoms with Crippen molar-refractivity contribution < 1.29 is 9.18 Å². The van der Waals surface area contributed by atoms with Gasteiger partial charge < -0.3 is 10.6 Å². The van der Waals surface area contributed by atoms with E-state index in [9.17, 15) is 9.18 Å². The van der Waals surface area contributed by atoms with E-state index in [1.807, 2.05) is 55.5 Å². The van der Waals surface area contributed by atoms with E-state index in [1.54, 1.807) is 17.0 Å². The molecule has 3 aromatic carbocycles. The quantitative estimate of drug-likeness (QED) is 0.607. The van der Waals surface area contributed by atoms with Gasteiger partial charge in [0.2, 0.25) is 0 Å². The Morgan fingerprint density at radius 3 is 2.36 bits per heavy atom. The maximum atomic E-state index is 13.1. The van der Waals surface area contributed by atoms with Crippen LogP contribution in [0.2, 0.25) is 0 Å². The van der Waals surface area contributed by atoms with Crippen molar-refractivity contribution in [2.75, 3.05) is 15.5 Å². The Morgan fingerprint density at radius 1 is 0.929 bits per heavy atom. The van der Waals surface area contributed by atoms with Gasteiger partial charge in [0.15, 0.2) is 0 Å². The van der Waals surface area contributed by atoms with Crippen LogP contribution in [0, 0.1) is 5.82 Å². The first-order valence-corrected chi connectivity index (χ1v) is 9.38. The largest absolute Gasteiger partial charge is 0.378 e. The molecule has 142 valence electrons. The van der Waals surface area contributed by atoms with Gasteiger partial charge in [0, 0.05) is 17.4 Å². The number of hydrogen-bond acceptors (Lipinski definition) is 2. The van der Waals surface area contributed by atoms with Crippen LogP contribution in [0.1, 0.15) is 24.9 Å². The van der Waals surface area contributed by atoms with Crippen LogP contribution in [0.5, 0.6) is 0 Å². The number of carbonyl (C=O) groups excluding carboxylic acids is 1. The fourth-order valence-electron chi connectivity index (χ4n) is 3.71. The van der Waals surface area contributed by atoms with Crippen LogP contribution in [0.3, 0.4) is 0 Å². The molecule has 2 atom stereocenters. The number of para-hydroxylation sites is 2. The lowest BCUT2D eigenvalue weighted by atomic mass is 9.91. The van der Waals surface area contributed by atoms with Gasteiger partial charge in [-0.05, 0) is 61.4 Å². The second-order valence-corrected chi connectivity index (χ2v) is 7.01. The summed E-state index contributed by atoms with van der Waals surface area (Å²) in [6.07, 6.45) is 0.781. The number of nitrogens with zero attached hydrogens (tertiary/aromatic N) is 1. The molecule has 0 saturated heterocycles. The predicted octanol–water partition coefficient (Wildman–Crippen LogP) is 5.81. The lowest BCUT2D eigenvalue weighted by Gasteiger charge is -2.39. The molecule has 1 heterocycles. The third kappa shape index (κ3) is 3.69. The van der Waals surface area contributed by atoms with Crippen LogP contribution in [-0.4, -0.2) is 12.1 Å². The minimum Gasteiger partial charge on any atom is -0.378 e. The Hall–Kier alpha value is -3.34. The molecule has 1 aliphatic rings. The van der Waals surface area contributed by atoms with Crippen LogP contribution >= 0.6 is 0 Å². The number of amides is 2. The maximum absolute atomic E-state index is 13.1. The first kappa shape index (κ1) is 18.0. The molecule has 5 heteroatoms. The number of anilines is 3. The molecule has 2 N–H and O–H groups in total. The molecule has 4 rings (SSSR count). The Labute approximate surface area is 164 Å². The summed E-state index contributed by atoms with van der Waals surface area (Å²) in [6.45, 7) is 2.04. The van der Waals surface area contributed by atoms with E-state index in [0.717, 1.165) is 23.4 Å². The fraction of sp³-hybridized carbons (Fsp3) is 0.174. The van der Waals surface area contributed by atoms with Crippen molar-refractivity contribution in [1.29, 1.82) is 0 Å². The van der Waals surface area contributed by atoms with Crippen molar-refractivity contribution in [3.8, 4) is 0 Å². The summed E-state index contributed by atoms with van der Waals surface area (Å²) in [5, 5.41) is 6.46. The molecule has 0 radical (unpaired) electrons. The molecule has 0 unspecified atom stereocenters. The summed E-state index contributed by atoms with van der Waals surface area (Å²) in [5.74, 6) is -0.329. The molecule has 0 saturated carbocycles. The third-order valence-corrected chi connectivity index (χ3v) is 5.02. The molecule has 0 aliphatic carbocycles. The second-order valence-electron chi connectivity index (χ2n) is 7.01. The highest BCUT2D eigenvalue weighted by molar-refractivity contribution is 6.03. The molecule has 28 heavy (non-hydrogen) atoms. The maximum Gasteiger partial charge on any atom is 0.326 e. The lowest BCUT2D eigenvalue weighted by molar-refractivity contribution is 0.254. The Kier molecular flexibility index (Phi) is 4.98. The normalized spacial score (nSPS) is 18.3. The van der Waals surface area contributed by atoms with E-state index < -0.39 is 0 Å². The smallest absolute Gasteiger partial charge is 0.326 e. The van der Waals surface area contributed by atoms with E-state index in [2.05, 4.69) is 16.7 Å². The van der Waals surface area contributed by atoms with Gasteiger partial charge in [-0.2, -0.15) is 0 Å². The first-order chi connectivity index (χ1) is 13.6. The van der Waals surface area contributed by atoms with Crippen LogP contribution < -0.4 is 15.5 Å². The molecular weight excluding hydrogens is 353 g/mol. The van der Waals surface area contributed by atoms with Crippen molar-refractivity contribution in [1.82, 2.24) is 0 Å². The molecule has 1 aliphatic heterocycles. The van der Waals surface area contributed by atoms with Gasteiger partial charge in [-0.1, -0.05) is 36.4 Å². The molecule has 0 fully saturated rings. The average Bonchev–Trinajstić information content (AvgIpc) is 2.70. The molecular formula is C23H22FN3O. The summed E-state index contributed by atoms with van der Waals surface area (Å²) in [7, 11) is 0. The summed E-state index contributed by atoms with van der Waals surface area (Å²) in [4.78, 5) is 14.8. The molecule has 4 nitrogen and oxygen atoms in total. The minimum absolute atomic E-state index is 0.00318. The monoisotopic (exact) mass is 375 g/mol. The number of benzene rings is 3. The lowest BCUT2D eigenvalue weighted by Crippen LogP contribution is -2.46. The Bertz CT molecular complexity index is 959. The number of fused-ring (bicyclic) bond motifs is 1. The third-order valence-electron chi connectivity index (χ3n) is 5.02. The van der Waals surface area contributed by atoms with E-state index >= 15 is 0 Å². The Morgan fingerprint density at radius 2 is 1.61 bits per heavy atom. The van der Waals surface area contributed by atoms with E-state index in [0.29, 0.717) is 5.69 Å². The van der Waals surface area contributed by atoms with Crippen molar-refractivity contribution in [2.45, 2.75) is 25.4 Å². The molecule has 2 amide bonds. The summed E-state index contributed by atoms with van der Waals surface area (Å²) in [6, 6.07) is 23.7. The van der Waals surface area contributed by atoms with Gasteiger partial charge in [0.1, 0.15) is 5.82 Å². The molecule has 0 aromatic heterocycles. The first-order valence-electron chi connectivity index (χ1n) is 9.38. The van der Waals surface area contributed by atoms with Crippen molar-refractivity contribution >= 4 is 23.1 Å². The molecule has 3 aromatic rings. The highest BCUT2D eigenvalue weighted by Gasteiger charge is 2.33. The van der Waals surface area contributed by atoms with Gasteiger partial charge >= 0.3 is 6.03 Å². The van der Waals surface area contributed by atoms with Gasteiger partial charge in [-0.25, -0.2) is 9.18 Å². The number of hydrogen-bond donors (Lipinski definition) is 2. The zero-order chi connectivity index (χ0) is 19.5. The number of rotatable bonds is 3. The van der Waals surface area contributed by atoms with Crippen LogP contribution in [-0.2, 0) is 0 Å². The number of halogens is 1. The highest BCUT2D eigenvalue weighted by atomic mass is 19.1. The van der Waals surface area contributed by atoms with Crippen molar-refractivity contribution in [3.05, 3.63) is 90.2 Å². The zero-order valence-corrected chi connectivity index (χ0v) is 15.6. The number of carbonyl (C=O) groups is 1. The van der Waals surface area contributed by atoms with Crippen molar-refractivity contribution in [3.63, 3.8) is 0 Å². The van der Waals surface area contributed by atoms with Crippen LogP contribution in [0.25, 0.3) is 0 Å². The summed E-state index contributed by atoms with van der Waals surface area (Å²) >= 11 is 0.